The van der Waals surface area contributed by atoms with Crippen LogP contribution in [-0.4, -0.2) is 41.0 Å². The molecule has 1 aromatic carbocycles. The molecule has 4 rings (SSSR count). The minimum atomic E-state index is -4.09. The number of hydrogen-bond acceptors (Lipinski definition) is 7. The first kappa shape index (κ1) is 22.2. The Labute approximate surface area is 194 Å². The number of amides is 1. The zero-order valence-electron chi connectivity index (χ0n) is 17.1. The molecule has 4 aromatic rings. The monoisotopic (exact) mass is 484 g/mol. The molecule has 33 heavy (non-hydrogen) atoms. The maximum absolute atomic E-state index is 13.0. The van der Waals surface area contributed by atoms with Crippen LogP contribution in [-0.2, 0) is 10.0 Å². The number of ether oxygens (including phenoxy) is 1. The Morgan fingerprint density at radius 3 is 2.55 bits per heavy atom. The molecule has 0 spiro atoms. The fraction of sp³-hybridized carbons (Fsp3) is 0.0476. The predicted molar refractivity (Wildman–Crippen MR) is 122 cm³/mol. The Kier molecular flexibility index (Phi) is 6.24. The molecule has 0 aliphatic heterocycles. The number of anilines is 2. The van der Waals surface area contributed by atoms with E-state index in [0.29, 0.717) is 16.4 Å². The number of imidazole rings is 1. The van der Waals surface area contributed by atoms with Crippen molar-refractivity contribution in [2.75, 3.05) is 17.1 Å². The second-order valence-corrected chi connectivity index (χ2v) is 8.75. The number of carbonyl (C=O) groups excluding carboxylic acids is 1. The third-order valence-electron chi connectivity index (χ3n) is 4.43. The third-order valence-corrected chi connectivity index (χ3v) is 6.06. The van der Waals surface area contributed by atoms with Crippen molar-refractivity contribution in [1.82, 2.24) is 19.5 Å². The number of nitrogens with zero attached hydrogens (tertiary/aromatic N) is 4. The number of benzene rings is 1. The minimum Gasteiger partial charge on any atom is -0.480 e. The van der Waals surface area contributed by atoms with E-state index in [4.69, 9.17) is 16.3 Å². The topological polar surface area (TPSA) is 128 Å². The zero-order valence-corrected chi connectivity index (χ0v) is 18.7. The first-order chi connectivity index (χ1) is 15.9. The summed E-state index contributed by atoms with van der Waals surface area (Å²) in [4.78, 5) is 24.6. The van der Waals surface area contributed by atoms with Gasteiger partial charge in [-0.05, 0) is 42.5 Å². The average Bonchev–Trinajstić information content (AvgIpc) is 3.36. The van der Waals surface area contributed by atoms with Crippen LogP contribution in [0, 0.1) is 0 Å². The Morgan fingerprint density at radius 2 is 1.85 bits per heavy atom. The summed E-state index contributed by atoms with van der Waals surface area (Å²) in [6, 6.07) is 10.7. The van der Waals surface area contributed by atoms with Crippen LogP contribution in [0.15, 0.2) is 78.5 Å². The number of sulfonamides is 1. The van der Waals surface area contributed by atoms with Gasteiger partial charge in [0.05, 0.1) is 31.0 Å². The summed E-state index contributed by atoms with van der Waals surface area (Å²) in [6.07, 6.45) is 7.72. The Morgan fingerprint density at radius 1 is 1.06 bits per heavy atom. The summed E-state index contributed by atoms with van der Waals surface area (Å²) in [6.45, 7) is 0. The van der Waals surface area contributed by atoms with E-state index in [-0.39, 0.29) is 22.2 Å². The fourth-order valence-corrected chi connectivity index (χ4v) is 4.22. The average molecular weight is 485 g/mol. The Balaban J connectivity index is 1.59. The molecule has 0 saturated carbocycles. The number of aromatic nitrogens is 4. The van der Waals surface area contributed by atoms with E-state index in [2.05, 4.69) is 25.0 Å². The molecule has 0 fully saturated rings. The zero-order chi connectivity index (χ0) is 23.4. The standard InChI is InChI=1S/C21H17ClN6O4S/c1-32-21-19(33(30,31)27-15-4-2-14(22)3-5-15)10-16(12-25-21)26-20(29)18-11-17(6-7-24-18)28-9-8-23-13-28/h2-13,27H,1H3,(H,26,29). The lowest BCUT2D eigenvalue weighted by atomic mass is 10.3. The van der Waals surface area contributed by atoms with Crippen LogP contribution >= 0.6 is 11.6 Å². The molecule has 0 aliphatic carbocycles. The highest BCUT2D eigenvalue weighted by Crippen LogP contribution is 2.27. The third kappa shape index (κ3) is 5.10. The lowest BCUT2D eigenvalue weighted by molar-refractivity contribution is 0.102. The van der Waals surface area contributed by atoms with E-state index < -0.39 is 15.9 Å². The predicted octanol–water partition coefficient (Wildman–Crippen LogP) is 3.38. The van der Waals surface area contributed by atoms with E-state index in [1.165, 1.54) is 37.7 Å². The number of nitrogens with one attached hydrogen (secondary N) is 2. The Bertz CT molecular complexity index is 1390. The van der Waals surface area contributed by atoms with E-state index in [1.807, 2.05) is 0 Å². The molecule has 12 heteroatoms. The van der Waals surface area contributed by atoms with Crippen LogP contribution in [0.3, 0.4) is 0 Å². The lowest BCUT2D eigenvalue weighted by Crippen LogP contribution is -2.17. The molecule has 0 atom stereocenters. The molecule has 0 aliphatic rings. The van der Waals surface area contributed by atoms with Crippen LogP contribution in [0.1, 0.15) is 10.5 Å². The summed E-state index contributed by atoms with van der Waals surface area (Å²) in [5, 5.41) is 3.08. The number of carbonyl (C=O) groups is 1. The fourth-order valence-electron chi connectivity index (χ4n) is 2.89. The van der Waals surface area contributed by atoms with Crippen molar-refractivity contribution in [3.63, 3.8) is 0 Å². The molecule has 3 heterocycles. The van der Waals surface area contributed by atoms with Gasteiger partial charge >= 0.3 is 0 Å². The number of rotatable bonds is 7. The molecule has 3 aromatic heterocycles. The summed E-state index contributed by atoms with van der Waals surface area (Å²) >= 11 is 5.85. The largest absolute Gasteiger partial charge is 0.480 e. The summed E-state index contributed by atoms with van der Waals surface area (Å²) < 4.78 is 35.2. The van der Waals surface area contributed by atoms with Gasteiger partial charge in [0.2, 0.25) is 5.88 Å². The molecule has 0 radical (unpaired) electrons. The number of methoxy groups -OCH3 is 1. The molecule has 168 valence electrons. The lowest BCUT2D eigenvalue weighted by Gasteiger charge is -2.13. The van der Waals surface area contributed by atoms with Crippen LogP contribution in [0.5, 0.6) is 5.88 Å². The van der Waals surface area contributed by atoms with Crippen LogP contribution in [0.2, 0.25) is 5.02 Å². The molecule has 0 saturated heterocycles. The molecule has 0 unspecified atom stereocenters. The van der Waals surface area contributed by atoms with Crippen molar-refractivity contribution in [3.8, 4) is 11.6 Å². The number of halogens is 1. The van der Waals surface area contributed by atoms with Crippen molar-refractivity contribution in [2.45, 2.75) is 4.90 Å². The highest BCUT2D eigenvalue weighted by atomic mass is 35.5. The van der Waals surface area contributed by atoms with Gasteiger partial charge in [-0.2, -0.15) is 0 Å². The van der Waals surface area contributed by atoms with Crippen molar-refractivity contribution in [3.05, 3.63) is 84.3 Å². The maximum atomic E-state index is 13.0. The summed E-state index contributed by atoms with van der Waals surface area (Å²) in [7, 11) is -2.79. The molecule has 0 bridgehead atoms. The van der Waals surface area contributed by atoms with Crippen LogP contribution in [0.25, 0.3) is 5.69 Å². The van der Waals surface area contributed by atoms with Gasteiger partial charge in [-0.1, -0.05) is 11.6 Å². The first-order valence-electron chi connectivity index (χ1n) is 9.44. The van der Waals surface area contributed by atoms with Gasteiger partial charge in [-0.15, -0.1) is 0 Å². The van der Waals surface area contributed by atoms with Gasteiger partial charge in [-0.25, -0.2) is 18.4 Å². The van der Waals surface area contributed by atoms with E-state index in [9.17, 15) is 13.2 Å². The quantitative estimate of drug-likeness (QED) is 0.411. The van der Waals surface area contributed by atoms with Crippen molar-refractivity contribution in [1.29, 1.82) is 0 Å². The maximum Gasteiger partial charge on any atom is 0.274 e. The molecule has 2 N–H and O–H groups in total. The molecular formula is C21H17ClN6O4S. The van der Waals surface area contributed by atoms with Crippen molar-refractivity contribution < 1.29 is 17.9 Å². The van der Waals surface area contributed by atoms with E-state index >= 15 is 0 Å². The highest BCUT2D eigenvalue weighted by molar-refractivity contribution is 7.92. The van der Waals surface area contributed by atoms with Crippen molar-refractivity contribution >= 4 is 38.9 Å². The molecule has 10 nitrogen and oxygen atoms in total. The first-order valence-corrected chi connectivity index (χ1v) is 11.3. The SMILES string of the molecule is COc1ncc(NC(=O)c2cc(-n3ccnc3)ccn2)cc1S(=O)(=O)Nc1ccc(Cl)cc1. The molecule has 1 amide bonds. The van der Waals surface area contributed by atoms with Gasteiger partial charge in [0.25, 0.3) is 15.9 Å². The second kappa shape index (κ2) is 9.27. The number of hydrogen-bond donors (Lipinski definition) is 2. The summed E-state index contributed by atoms with van der Waals surface area (Å²) in [5.41, 5.74) is 1.26. The van der Waals surface area contributed by atoms with E-state index in [0.717, 1.165) is 0 Å². The van der Waals surface area contributed by atoms with Gasteiger partial charge in [0.15, 0.2) is 4.90 Å². The van der Waals surface area contributed by atoms with Gasteiger partial charge < -0.3 is 14.6 Å². The normalized spacial score (nSPS) is 11.1. The highest BCUT2D eigenvalue weighted by Gasteiger charge is 2.22. The second-order valence-electron chi connectivity index (χ2n) is 6.67. The summed E-state index contributed by atoms with van der Waals surface area (Å²) in [5.74, 6) is -0.673. The smallest absolute Gasteiger partial charge is 0.274 e. The Hall–Kier alpha value is -3.96. The van der Waals surface area contributed by atoms with Crippen LogP contribution < -0.4 is 14.8 Å². The number of pyridine rings is 2. The minimum absolute atomic E-state index is 0.126. The molecular weight excluding hydrogens is 468 g/mol. The van der Waals surface area contributed by atoms with Gasteiger partial charge in [0.1, 0.15) is 5.69 Å². The van der Waals surface area contributed by atoms with Crippen LogP contribution in [0.4, 0.5) is 11.4 Å². The van der Waals surface area contributed by atoms with E-state index in [1.54, 1.807) is 47.6 Å². The van der Waals surface area contributed by atoms with Gasteiger partial charge in [-0.3, -0.25) is 14.5 Å². The van der Waals surface area contributed by atoms with Gasteiger partial charge in [0, 0.05) is 29.3 Å². The van der Waals surface area contributed by atoms with Crippen molar-refractivity contribution in [2.24, 2.45) is 0 Å².